The van der Waals surface area contributed by atoms with Crippen molar-refractivity contribution in [2.75, 3.05) is 13.6 Å². The van der Waals surface area contributed by atoms with Crippen LogP contribution in [0.4, 0.5) is 23.2 Å². The van der Waals surface area contributed by atoms with Gasteiger partial charge in [-0.05, 0) is 62.2 Å². The van der Waals surface area contributed by atoms with Crippen LogP contribution < -0.4 is 10.5 Å². The van der Waals surface area contributed by atoms with E-state index in [0.717, 1.165) is 17.7 Å². The van der Waals surface area contributed by atoms with Gasteiger partial charge in [0.15, 0.2) is 5.96 Å². The molecule has 0 unspecified atom stereocenters. The second-order valence-corrected chi connectivity index (χ2v) is 6.13. The first-order valence-corrected chi connectivity index (χ1v) is 8.24. The van der Waals surface area contributed by atoms with E-state index in [1.54, 1.807) is 30.9 Å². The number of nitrogens with two attached hydrogens (primary N) is 1. The topological polar surface area (TPSA) is 50.8 Å². The molecule has 0 spiro atoms. The minimum Gasteiger partial charge on any atom is -0.457 e. The van der Waals surface area contributed by atoms with Crippen molar-refractivity contribution >= 4 is 11.6 Å². The molecule has 4 nitrogen and oxygen atoms in total. The predicted octanol–water partition coefficient (Wildman–Crippen LogP) is 5.15. The molecule has 27 heavy (non-hydrogen) atoms. The van der Waals surface area contributed by atoms with Gasteiger partial charge in [0.05, 0.1) is 11.3 Å². The standard InChI is InChI=1S/C19H21F4N3O/c1-5-26(4)18(24)25-16-8-12(3)17(9-11(16)2)27-13-6-7-15(20)14(10-13)19(21,22)23/h6-10H,5H2,1-4H3,(H2,24,25). The highest BCUT2D eigenvalue weighted by molar-refractivity contribution is 5.81. The number of halogens is 4. The van der Waals surface area contributed by atoms with Crippen molar-refractivity contribution in [3.63, 3.8) is 0 Å². The van der Waals surface area contributed by atoms with Crippen LogP contribution in [0.1, 0.15) is 23.6 Å². The number of aryl methyl sites for hydroxylation is 2. The van der Waals surface area contributed by atoms with E-state index in [2.05, 4.69) is 4.99 Å². The third-order valence-corrected chi connectivity index (χ3v) is 4.06. The van der Waals surface area contributed by atoms with E-state index >= 15 is 0 Å². The maximum Gasteiger partial charge on any atom is 0.419 e. The molecule has 2 rings (SSSR count). The van der Waals surface area contributed by atoms with Crippen LogP contribution in [0.15, 0.2) is 35.3 Å². The highest BCUT2D eigenvalue weighted by Crippen LogP contribution is 2.36. The lowest BCUT2D eigenvalue weighted by molar-refractivity contribution is -0.140. The van der Waals surface area contributed by atoms with Crippen molar-refractivity contribution in [1.82, 2.24) is 4.90 Å². The Morgan fingerprint density at radius 3 is 2.41 bits per heavy atom. The van der Waals surface area contributed by atoms with Crippen LogP contribution in [-0.4, -0.2) is 24.5 Å². The molecule has 0 saturated heterocycles. The lowest BCUT2D eigenvalue weighted by atomic mass is 10.1. The molecule has 0 atom stereocenters. The summed E-state index contributed by atoms with van der Waals surface area (Å²) in [4.78, 5) is 6.14. The molecule has 0 aliphatic heterocycles. The van der Waals surface area contributed by atoms with Crippen molar-refractivity contribution in [3.8, 4) is 11.5 Å². The molecule has 146 valence electrons. The Hall–Kier alpha value is -2.77. The Morgan fingerprint density at radius 2 is 1.81 bits per heavy atom. The molecule has 0 saturated carbocycles. The van der Waals surface area contributed by atoms with Gasteiger partial charge < -0.3 is 15.4 Å². The van der Waals surface area contributed by atoms with Crippen molar-refractivity contribution < 1.29 is 22.3 Å². The zero-order valence-corrected chi connectivity index (χ0v) is 15.5. The number of guanidine groups is 1. The summed E-state index contributed by atoms with van der Waals surface area (Å²) >= 11 is 0. The van der Waals surface area contributed by atoms with E-state index in [1.807, 2.05) is 14.0 Å². The average Bonchev–Trinajstić information content (AvgIpc) is 2.59. The van der Waals surface area contributed by atoms with E-state index < -0.39 is 17.6 Å². The highest BCUT2D eigenvalue weighted by atomic mass is 19.4. The SMILES string of the molecule is CCN(C)C(N)=Nc1cc(C)c(Oc2ccc(F)c(C(F)(F)F)c2)cc1C. The largest absolute Gasteiger partial charge is 0.457 e. The first kappa shape index (κ1) is 20.5. The Morgan fingerprint density at radius 1 is 1.15 bits per heavy atom. The lowest BCUT2D eigenvalue weighted by Gasteiger charge is -2.16. The minimum atomic E-state index is -4.80. The van der Waals surface area contributed by atoms with Gasteiger partial charge in [0.2, 0.25) is 0 Å². The molecule has 2 N–H and O–H groups in total. The molecule has 2 aromatic carbocycles. The third kappa shape index (κ3) is 4.90. The zero-order valence-electron chi connectivity index (χ0n) is 15.5. The first-order valence-electron chi connectivity index (χ1n) is 8.24. The second kappa shape index (κ2) is 7.85. The molecule has 0 heterocycles. The molecular formula is C19H21F4N3O. The fraction of sp³-hybridized carbons (Fsp3) is 0.316. The number of alkyl halides is 3. The minimum absolute atomic E-state index is 0.104. The molecule has 0 aliphatic carbocycles. The summed E-state index contributed by atoms with van der Waals surface area (Å²) in [6, 6.07) is 5.92. The van der Waals surface area contributed by atoms with Crippen molar-refractivity contribution in [3.05, 3.63) is 52.8 Å². The van der Waals surface area contributed by atoms with Gasteiger partial charge in [-0.2, -0.15) is 13.2 Å². The van der Waals surface area contributed by atoms with E-state index in [0.29, 0.717) is 35.6 Å². The fourth-order valence-electron chi connectivity index (χ4n) is 2.29. The molecule has 0 bridgehead atoms. The van der Waals surface area contributed by atoms with E-state index in [9.17, 15) is 17.6 Å². The maximum absolute atomic E-state index is 13.4. The Labute approximate surface area is 155 Å². The van der Waals surface area contributed by atoms with Crippen molar-refractivity contribution in [1.29, 1.82) is 0 Å². The van der Waals surface area contributed by atoms with Gasteiger partial charge in [-0.15, -0.1) is 0 Å². The fourth-order valence-corrected chi connectivity index (χ4v) is 2.29. The summed E-state index contributed by atoms with van der Waals surface area (Å²) in [6.45, 7) is 6.16. The highest BCUT2D eigenvalue weighted by Gasteiger charge is 2.34. The molecule has 0 aromatic heterocycles. The average molecular weight is 383 g/mol. The molecular weight excluding hydrogens is 362 g/mol. The number of hydrogen-bond donors (Lipinski definition) is 1. The summed E-state index contributed by atoms with van der Waals surface area (Å²) < 4.78 is 57.5. The monoisotopic (exact) mass is 383 g/mol. The summed E-state index contributed by atoms with van der Waals surface area (Å²) in [5.41, 5.74) is 6.57. The van der Waals surface area contributed by atoms with E-state index in [1.165, 1.54) is 0 Å². The van der Waals surface area contributed by atoms with Gasteiger partial charge >= 0.3 is 6.18 Å². The number of benzene rings is 2. The van der Waals surface area contributed by atoms with Gasteiger partial charge in [0, 0.05) is 13.6 Å². The number of aliphatic imine (C=N–C) groups is 1. The molecule has 0 fully saturated rings. The molecule has 2 aromatic rings. The van der Waals surface area contributed by atoms with Gasteiger partial charge in [-0.3, -0.25) is 0 Å². The lowest BCUT2D eigenvalue weighted by Crippen LogP contribution is -2.33. The van der Waals surface area contributed by atoms with Crippen molar-refractivity contribution in [2.24, 2.45) is 10.7 Å². The molecule has 8 heteroatoms. The van der Waals surface area contributed by atoms with E-state index in [-0.39, 0.29) is 5.75 Å². The maximum atomic E-state index is 13.4. The van der Waals surface area contributed by atoms with Crippen LogP contribution in [0.5, 0.6) is 11.5 Å². The number of rotatable bonds is 4. The Bertz CT molecular complexity index is 863. The summed E-state index contributed by atoms with van der Waals surface area (Å²) in [5.74, 6) is -0.744. The van der Waals surface area contributed by atoms with Crippen LogP contribution in [0.25, 0.3) is 0 Å². The van der Waals surface area contributed by atoms with Gasteiger partial charge in [0.1, 0.15) is 17.3 Å². The van der Waals surface area contributed by atoms with Crippen LogP contribution in [-0.2, 0) is 6.18 Å². The normalized spacial score (nSPS) is 12.2. The Kier molecular flexibility index (Phi) is 5.98. The number of nitrogens with zero attached hydrogens (tertiary/aromatic N) is 2. The zero-order chi connectivity index (χ0) is 20.4. The van der Waals surface area contributed by atoms with Gasteiger partial charge in [0.25, 0.3) is 0 Å². The van der Waals surface area contributed by atoms with Crippen LogP contribution in [0.2, 0.25) is 0 Å². The van der Waals surface area contributed by atoms with Crippen molar-refractivity contribution in [2.45, 2.75) is 26.9 Å². The second-order valence-electron chi connectivity index (χ2n) is 6.13. The van der Waals surface area contributed by atoms with Crippen LogP contribution in [0.3, 0.4) is 0 Å². The molecule has 0 radical (unpaired) electrons. The summed E-state index contributed by atoms with van der Waals surface area (Å²) in [7, 11) is 1.81. The summed E-state index contributed by atoms with van der Waals surface area (Å²) in [5, 5.41) is 0. The summed E-state index contributed by atoms with van der Waals surface area (Å²) in [6.07, 6.45) is -4.80. The van der Waals surface area contributed by atoms with Gasteiger partial charge in [-0.25, -0.2) is 9.38 Å². The van der Waals surface area contributed by atoms with Gasteiger partial charge in [-0.1, -0.05) is 0 Å². The van der Waals surface area contributed by atoms with E-state index in [4.69, 9.17) is 10.5 Å². The smallest absolute Gasteiger partial charge is 0.419 e. The number of ether oxygens (including phenoxy) is 1. The molecule has 0 amide bonds. The van der Waals surface area contributed by atoms with Crippen LogP contribution >= 0.6 is 0 Å². The first-order chi connectivity index (χ1) is 12.5. The Balaban J connectivity index is 2.35. The third-order valence-electron chi connectivity index (χ3n) is 4.06. The predicted molar refractivity (Wildman–Crippen MR) is 97.0 cm³/mol. The quantitative estimate of drug-likeness (QED) is 0.451. The molecule has 0 aliphatic rings. The van der Waals surface area contributed by atoms with Crippen LogP contribution in [0, 0.1) is 19.7 Å². The number of hydrogen-bond acceptors (Lipinski definition) is 2.